The van der Waals surface area contributed by atoms with Gasteiger partial charge < -0.3 is 14.2 Å². The number of hydrogen-bond acceptors (Lipinski definition) is 6. The summed E-state index contributed by atoms with van der Waals surface area (Å²) < 4.78 is 15.5. The van der Waals surface area contributed by atoms with E-state index in [2.05, 4.69) is 0 Å². The molecule has 1 rings (SSSR count). The Hall–Kier alpha value is -1.95. The zero-order valence-corrected chi connectivity index (χ0v) is 13.3. The first-order chi connectivity index (χ1) is 9.82. The minimum atomic E-state index is -0.626. The lowest BCUT2D eigenvalue weighted by molar-refractivity contribution is -0.255. The molecule has 0 aliphatic rings. The lowest BCUT2D eigenvalue weighted by Gasteiger charge is -2.17. The number of carbonyl (C=O) groups is 1. The Bertz CT molecular complexity index is 464. The van der Waals surface area contributed by atoms with Gasteiger partial charge in [0.05, 0.1) is 33.5 Å². The number of hydrogen-bond donors (Lipinski definition) is 0. The van der Waals surface area contributed by atoms with Gasteiger partial charge in [-0.3, -0.25) is 4.89 Å². The van der Waals surface area contributed by atoms with Gasteiger partial charge in [-0.2, -0.15) is 4.89 Å². The molecule has 0 spiro atoms. The lowest BCUT2D eigenvalue weighted by atomic mass is 9.99. The van der Waals surface area contributed by atoms with Crippen LogP contribution in [0.5, 0.6) is 17.2 Å². The van der Waals surface area contributed by atoms with Crippen LogP contribution in [0.25, 0.3) is 0 Å². The minimum absolute atomic E-state index is 0.102. The fraction of sp³-hybridized carbons (Fsp3) is 0.533. The monoisotopic (exact) mass is 298 g/mol. The number of ether oxygens (including phenoxy) is 3. The maximum Gasteiger partial charge on any atom is 0.373 e. The summed E-state index contributed by atoms with van der Waals surface area (Å²) in [7, 11) is 4.44. The molecule has 0 radical (unpaired) electrons. The van der Waals surface area contributed by atoms with Gasteiger partial charge in [0.2, 0.25) is 5.75 Å². The predicted octanol–water partition coefficient (Wildman–Crippen LogP) is 2.85. The zero-order chi connectivity index (χ0) is 16.0. The van der Waals surface area contributed by atoms with Crippen LogP contribution in [-0.2, 0) is 9.78 Å². The molecule has 1 aromatic rings. The molecule has 0 heterocycles. The van der Waals surface area contributed by atoms with Crippen molar-refractivity contribution in [3.8, 4) is 17.2 Å². The van der Waals surface area contributed by atoms with Crippen molar-refractivity contribution in [2.75, 3.05) is 27.9 Å². The molecule has 0 fully saturated rings. The fourth-order valence-corrected chi connectivity index (χ4v) is 1.51. The average molecular weight is 298 g/mol. The van der Waals surface area contributed by atoms with Crippen LogP contribution in [0, 0.1) is 5.41 Å². The third-order valence-electron chi connectivity index (χ3n) is 2.53. The van der Waals surface area contributed by atoms with Crippen LogP contribution < -0.4 is 14.2 Å². The van der Waals surface area contributed by atoms with Gasteiger partial charge in [0.15, 0.2) is 11.5 Å². The molecule has 6 heteroatoms. The summed E-state index contributed by atoms with van der Waals surface area (Å²) in [5.41, 5.74) is 0.147. The molecule has 0 amide bonds. The van der Waals surface area contributed by atoms with Gasteiger partial charge in [0.1, 0.15) is 0 Å². The molecule has 0 saturated carbocycles. The van der Waals surface area contributed by atoms with Crippen molar-refractivity contribution in [3.05, 3.63) is 17.7 Å². The lowest BCUT2D eigenvalue weighted by Crippen LogP contribution is -2.17. The van der Waals surface area contributed by atoms with Gasteiger partial charge in [0, 0.05) is 0 Å². The molecule has 1 aromatic carbocycles. The highest BCUT2D eigenvalue weighted by molar-refractivity contribution is 5.90. The molecule has 21 heavy (non-hydrogen) atoms. The van der Waals surface area contributed by atoms with Crippen molar-refractivity contribution in [1.29, 1.82) is 0 Å². The summed E-state index contributed by atoms with van der Waals surface area (Å²) in [5.74, 6) is 0.532. The molecule has 0 bridgehead atoms. The number of methoxy groups -OCH3 is 3. The van der Waals surface area contributed by atoms with E-state index in [0.29, 0.717) is 23.9 Å². The maximum atomic E-state index is 12.0. The minimum Gasteiger partial charge on any atom is -0.493 e. The topological polar surface area (TPSA) is 63.2 Å². The van der Waals surface area contributed by atoms with Crippen LogP contribution in [0.3, 0.4) is 0 Å². The van der Waals surface area contributed by atoms with Crippen LogP contribution in [0.2, 0.25) is 0 Å². The second kappa shape index (κ2) is 7.17. The van der Waals surface area contributed by atoms with E-state index in [9.17, 15) is 4.79 Å². The summed E-state index contributed by atoms with van der Waals surface area (Å²) in [6.07, 6.45) is 0. The summed E-state index contributed by atoms with van der Waals surface area (Å²) in [5, 5.41) is 0. The summed E-state index contributed by atoms with van der Waals surface area (Å²) >= 11 is 0. The third kappa shape index (κ3) is 4.82. The van der Waals surface area contributed by atoms with Crippen LogP contribution in [-0.4, -0.2) is 33.9 Å². The van der Waals surface area contributed by atoms with E-state index in [1.165, 1.54) is 33.5 Å². The highest BCUT2D eigenvalue weighted by Gasteiger charge is 2.19. The molecular weight excluding hydrogens is 276 g/mol. The average Bonchev–Trinajstić information content (AvgIpc) is 2.43. The van der Waals surface area contributed by atoms with Crippen molar-refractivity contribution in [3.63, 3.8) is 0 Å². The maximum absolute atomic E-state index is 12.0. The van der Waals surface area contributed by atoms with E-state index in [-0.39, 0.29) is 11.0 Å². The molecule has 0 N–H and O–H groups in total. The molecule has 6 nitrogen and oxygen atoms in total. The molecule has 118 valence electrons. The van der Waals surface area contributed by atoms with Crippen LogP contribution in [0.15, 0.2) is 12.1 Å². The van der Waals surface area contributed by atoms with Crippen molar-refractivity contribution >= 4 is 5.97 Å². The van der Waals surface area contributed by atoms with Crippen LogP contribution >= 0.6 is 0 Å². The predicted molar refractivity (Wildman–Crippen MR) is 76.9 cm³/mol. The zero-order valence-electron chi connectivity index (χ0n) is 13.3. The number of benzene rings is 1. The molecule has 0 aromatic heterocycles. The van der Waals surface area contributed by atoms with Crippen molar-refractivity contribution in [1.82, 2.24) is 0 Å². The second-order valence-electron chi connectivity index (χ2n) is 5.61. The van der Waals surface area contributed by atoms with Crippen molar-refractivity contribution in [2.45, 2.75) is 20.8 Å². The summed E-state index contributed by atoms with van der Waals surface area (Å²) in [6, 6.07) is 3.01. The Balaban J connectivity index is 2.89. The van der Waals surface area contributed by atoms with Crippen LogP contribution in [0.4, 0.5) is 0 Å². The van der Waals surface area contributed by atoms with Gasteiger partial charge in [-0.25, -0.2) is 4.79 Å². The standard InChI is InChI=1S/C15H22O6/c1-15(2,3)9-20-21-14(16)10-7-11(17-4)13(19-6)12(8-10)18-5/h7-8H,9H2,1-6H3. The van der Waals surface area contributed by atoms with E-state index in [1.807, 2.05) is 20.8 Å². The first-order valence-corrected chi connectivity index (χ1v) is 6.46. The smallest absolute Gasteiger partial charge is 0.373 e. The molecule has 0 saturated heterocycles. The van der Waals surface area contributed by atoms with Gasteiger partial charge in [-0.05, 0) is 17.5 Å². The number of carbonyl (C=O) groups excluding carboxylic acids is 1. The largest absolute Gasteiger partial charge is 0.493 e. The summed E-state index contributed by atoms with van der Waals surface area (Å²) in [6.45, 7) is 6.21. The molecule has 0 atom stereocenters. The Labute approximate surface area is 124 Å². The Morgan fingerprint density at radius 2 is 1.52 bits per heavy atom. The highest BCUT2D eigenvalue weighted by Crippen LogP contribution is 2.38. The highest BCUT2D eigenvalue weighted by atomic mass is 17.2. The van der Waals surface area contributed by atoms with E-state index >= 15 is 0 Å². The van der Waals surface area contributed by atoms with Gasteiger partial charge in [0.25, 0.3) is 0 Å². The second-order valence-corrected chi connectivity index (χ2v) is 5.61. The van der Waals surface area contributed by atoms with E-state index in [1.54, 1.807) is 0 Å². The van der Waals surface area contributed by atoms with E-state index in [4.69, 9.17) is 24.0 Å². The Morgan fingerprint density at radius 1 is 1.00 bits per heavy atom. The molecule has 0 unspecified atom stereocenters. The normalized spacial score (nSPS) is 11.0. The SMILES string of the molecule is COc1cc(C(=O)OOCC(C)(C)C)cc(OC)c1OC. The van der Waals surface area contributed by atoms with Crippen molar-refractivity contribution < 1.29 is 28.8 Å². The first-order valence-electron chi connectivity index (χ1n) is 6.46. The summed E-state index contributed by atoms with van der Waals surface area (Å²) in [4.78, 5) is 21.7. The van der Waals surface area contributed by atoms with Gasteiger partial charge in [-0.15, -0.1) is 0 Å². The fourth-order valence-electron chi connectivity index (χ4n) is 1.51. The quantitative estimate of drug-likeness (QED) is 0.594. The van der Waals surface area contributed by atoms with Gasteiger partial charge in [-0.1, -0.05) is 20.8 Å². The van der Waals surface area contributed by atoms with Crippen molar-refractivity contribution in [2.24, 2.45) is 5.41 Å². The molecular formula is C15H22O6. The third-order valence-corrected chi connectivity index (χ3v) is 2.53. The van der Waals surface area contributed by atoms with Gasteiger partial charge >= 0.3 is 5.97 Å². The van der Waals surface area contributed by atoms with E-state index < -0.39 is 5.97 Å². The Morgan fingerprint density at radius 3 is 1.90 bits per heavy atom. The van der Waals surface area contributed by atoms with Crippen LogP contribution in [0.1, 0.15) is 31.1 Å². The molecule has 0 aliphatic heterocycles. The number of rotatable bonds is 6. The molecule has 0 aliphatic carbocycles. The first kappa shape index (κ1) is 17.1. The Kier molecular flexibility index (Phi) is 5.84. The van der Waals surface area contributed by atoms with E-state index in [0.717, 1.165) is 0 Å².